The molecule has 1 heterocycles. The Bertz CT molecular complexity index is 1170. The van der Waals surface area contributed by atoms with Crippen LogP contribution in [-0.2, 0) is 10.0 Å². The summed E-state index contributed by atoms with van der Waals surface area (Å²) in [7, 11) is -4.17. The van der Waals surface area contributed by atoms with Gasteiger partial charge in [0.1, 0.15) is 4.90 Å². The molecule has 0 atom stereocenters. The molecule has 0 amide bonds. The topological polar surface area (TPSA) is 135 Å². The number of rotatable bonds is 4. The third-order valence-corrected chi connectivity index (χ3v) is 5.27. The zero-order valence-corrected chi connectivity index (χ0v) is 14.1. The Kier molecular flexibility index (Phi) is 4.01. The van der Waals surface area contributed by atoms with Crippen molar-refractivity contribution >= 4 is 44.1 Å². The highest BCUT2D eigenvalue weighted by Gasteiger charge is 2.22. The molecule has 11 heteroatoms. The maximum atomic E-state index is 12.6. The number of benzene rings is 2. The SMILES string of the molecule is Cc1ccc([N+](=O)[O-])cc1NS(=O)(=O)c1cc2oc(=O)[nH]c2cc1Cl. The molecule has 0 saturated heterocycles. The number of hydrogen-bond donors (Lipinski definition) is 2. The monoisotopic (exact) mass is 383 g/mol. The van der Waals surface area contributed by atoms with Crippen molar-refractivity contribution in [3.05, 3.63) is 61.6 Å². The second-order valence-electron chi connectivity index (χ2n) is 5.16. The first kappa shape index (κ1) is 17.0. The van der Waals surface area contributed by atoms with Gasteiger partial charge in [-0.25, -0.2) is 13.2 Å². The van der Waals surface area contributed by atoms with E-state index in [9.17, 15) is 23.3 Å². The van der Waals surface area contributed by atoms with E-state index in [4.69, 9.17) is 16.0 Å². The van der Waals surface area contributed by atoms with Crippen molar-refractivity contribution in [2.75, 3.05) is 4.72 Å². The van der Waals surface area contributed by atoms with Gasteiger partial charge in [-0.1, -0.05) is 17.7 Å². The van der Waals surface area contributed by atoms with E-state index in [0.717, 1.165) is 12.1 Å². The van der Waals surface area contributed by atoms with E-state index in [-0.39, 0.29) is 32.4 Å². The molecule has 0 spiro atoms. The Morgan fingerprint density at radius 1 is 1.28 bits per heavy atom. The number of oxazole rings is 1. The molecule has 2 N–H and O–H groups in total. The Morgan fingerprint density at radius 3 is 2.68 bits per heavy atom. The van der Waals surface area contributed by atoms with E-state index in [1.54, 1.807) is 6.92 Å². The molecular weight excluding hydrogens is 374 g/mol. The van der Waals surface area contributed by atoms with Crippen molar-refractivity contribution in [1.29, 1.82) is 0 Å². The molecule has 0 aliphatic carbocycles. The fourth-order valence-corrected chi connectivity index (χ4v) is 3.86. The Morgan fingerprint density at radius 2 is 2.00 bits per heavy atom. The molecule has 0 aliphatic heterocycles. The number of halogens is 1. The summed E-state index contributed by atoms with van der Waals surface area (Å²) in [5.74, 6) is -0.747. The lowest BCUT2D eigenvalue weighted by molar-refractivity contribution is -0.384. The number of aryl methyl sites for hydroxylation is 1. The summed E-state index contributed by atoms with van der Waals surface area (Å²) in [4.78, 5) is 23.5. The van der Waals surface area contributed by atoms with E-state index in [0.29, 0.717) is 5.56 Å². The summed E-state index contributed by atoms with van der Waals surface area (Å²) in [6.45, 7) is 1.59. The van der Waals surface area contributed by atoms with Gasteiger partial charge in [-0.05, 0) is 18.6 Å². The third kappa shape index (κ3) is 3.21. The average Bonchev–Trinajstić information content (AvgIpc) is 2.87. The Hall–Kier alpha value is -2.85. The lowest BCUT2D eigenvalue weighted by atomic mass is 10.2. The highest BCUT2D eigenvalue weighted by atomic mass is 35.5. The van der Waals surface area contributed by atoms with E-state index in [1.807, 2.05) is 0 Å². The molecule has 0 radical (unpaired) electrons. The molecule has 130 valence electrons. The van der Waals surface area contributed by atoms with E-state index in [2.05, 4.69) is 9.71 Å². The molecule has 0 fully saturated rings. The standard InChI is InChI=1S/C14H10ClN3O6S/c1-7-2-3-8(18(20)21)4-10(7)17-25(22,23)13-6-12-11(5-9(13)15)16-14(19)24-12/h2-6,17H,1H3,(H,16,19). The number of non-ortho nitro benzene ring substituents is 1. The number of sulfonamides is 1. The molecule has 3 aromatic rings. The van der Waals surface area contributed by atoms with Crippen LogP contribution < -0.4 is 10.5 Å². The number of hydrogen-bond acceptors (Lipinski definition) is 6. The van der Waals surface area contributed by atoms with Crippen molar-refractivity contribution < 1.29 is 17.8 Å². The van der Waals surface area contributed by atoms with Crippen LogP contribution in [0.1, 0.15) is 5.56 Å². The van der Waals surface area contributed by atoms with Crippen LogP contribution in [0, 0.1) is 17.0 Å². The molecule has 0 bridgehead atoms. The van der Waals surface area contributed by atoms with Crippen LogP contribution in [0.4, 0.5) is 11.4 Å². The van der Waals surface area contributed by atoms with E-state index >= 15 is 0 Å². The van der Waals surface area contributed by atoms with Gasteiger partial charge < -0.3 is 4.42 Å². The minimum Gasteiger partial charge on any atom is -0.408 e. The molecule has 0 aliphatic rings. The first-order valence-corrected chi connectivity index (χ1v) is 8.64. The van der Waals surface area contributed by atoms with Crippen molar-refractivity contribution in [2.45, 2.75) is 11.8 Å². The van der Waals surface area contributed by atoms with Crippen molar-refractivity contribution in [3.8, 4) is 0 Å². The van der Waals surface area contributed by atoms with Gasteiger partial charge in [0, 0.05) is 18.2 Å². The van der Waals surface area contributed by atoms with Crippen molar-refractivity contribution in [3.63, 3.8) is 0 Å². The first-order valence-electron chi connectivity index (χ1n) is 6.77. The van der Waals surface area contributed by atoms with E-state index < -0.39 is 20.7 Å². The molecule has 0 unspecified atom stereocenters. The number of aromatic amines is 1. The largest absolute Gasteiger partial charge is 0.417 e. The first-order chi connectivity index (χ1) is 11.7. The number of nitrogens with one attached hydrogen (secondary N) is 2. The maximum absolute atomic E-state index is 12.6. The van der Waals surface area contributed by atoms with Crippen LogP contribution >= 0.6 is 11.6 Å². The zero-order valence-electron chi connectivity index (χ0n) is 12.6. The Labute approximate surface area is 145 Å². The molecule has 9 nitrogen and oxygen atoms in total. The summed E-state index contributed by atoms with van der Waals surface area (Å²) < 4.78 is 32.3. The summed E-state index contributed by atoms with van der Waals surface area (Å²) in [5.41, 5.74) is 0.535. The number of nitro groups is 1. The fraction of sp³-hybridized carbons (Fsp3) is 0.0714. The highest BCUT2D eigenvalue weighted by molar-refractivity contribution is 7.92. The quantitative estimate of drug-likeness (QED) is 0.525. The molecular formula is C14H10ClN3O6S. The second kappa shape index (κ2) is 5.90. The van der Waals surface area contributed by atoms with Crippen molar-refractivity contribution in [1.82, 2.24) is 4.98 Å². The normalized spacial score (nSPS) is 11.6. The smallest absolute Gasteiger partial charge is 0.408 e. The summed E-state index contributed by atoms with van der Waals surface area (Å²) >= 11 is 5.99. The number of nitro benzene ring substituents is 1. The predicted octanol–water partition coefficient (Wildman–Crippen LogP) is 2.79. The van der Waals surface area contributed by atoms with E-state index in [1.165, 1.54) is 18.2 Å². The number of nitrogens with zero attached hydrogens (tertiary/aromatic N) is 1. The summed E-state index contributed by atoms with van der Waals surface area (Å²) in [6, 6.07) is 6.14. The fourth-order valence-electron chi connectivity index (χ4n) is 2.19. The van der Waals surface area contributed by atoms with Crippen LogP contribution in [0.25, 0.3) is 11.1 Å². The van der Waals surface area contributed by atoms with Gasteiger partial charge in [-0.15, -0.1) is 0 Å². The number of fused-ring (bicyclic) bond motifs is 1. The maximum Gasteiger partial charge on any atom is 0.417 e. The molecule has 2 aromatic carbocycles. The predicted molar refractivity (Wildman–Crippen MR) is 90.5 cm³/mol. The number of H-pyrrole nitrogens is 1. The summed E-state index contributed by atoms with van der Waals surface area (Å²) in [5, 5.41) is 10.7. The van der Waals surface area contributed by atoms with Gasteiger partial charge in [0.15, 0.2) is 5.58 Å². The van der Waals surface area contributed by atoms with Gasteiger partial charge in [-0.3, -0.25) is 19.8 Å². The van der Waals surface area contributed by atoms with Crippen LogP contribution in [0.3, 0.4) is 0 Å². The van der Waals surface area contributed by atoms with Crippen LogP contribution in [-0.4, -0.2) is 18.3 Å². The second-order valence-corrected chi connectivity index (χ2v) is 7.21. The van der Waals surface area contributed by atoms with Crippen molar-refractivity contribution in [2.24, 2.45) is 0 Å². The van der Waals surface area contributed by atoms with Gasteiger partial charge in [0.25, 0.3) is 15.7 Å². The van der Waals surface area contributed by atoms with Crippen LogP contribution in [0.15, 0.2) is 44.4 Å². The van der Waals surface area contributed by atoms with Gasteiger partial charge in [0.2, 0.25) is 0 Å². The molecule has 0 saturated carbocycles. The number of aromatic nitrogens is 1. The van der Waals surface area contributed by atoms with Gasteiger partial charge in [0.05, 0.1) is 21.2 Å². The highest BCUT2D eigenvalue weighted by Crippen LogP contribution is 2.30. The minimum absolute atomic E-state index is 0.0190. The molecule has 25 heavy (non-hydrogen) atoms. The van der Waals surface area contributed by atoms with Crippen LogP contribution in [0.5, 0.6) is 0 Å². The lowest BCUT2D eigenvalue weighted by Crippen LogP contribution is -2.14. The molecule has 1 aromatic heterocycles. The van der Waals surface area contributed by atoms with Gasteiger partial charge >= 0.3 is 5.76 Å². The van der Waals surface area contributed by atoms with Gasteiger partial charge in [-0.2, -0.15) is 0 Å². The number of anilines is 1. The zero-order chi connectivity index (χ0) is 18.4. The minimum atomic E-state index is -4.17. The lowest BCUT2D eigenvalue weighted by Gasteiger charge is -2.11. The average molecular weight is 384 g/mol. The Balaban J connectivity index is 2.08. The van der Waals surface area contributed by atoms with Crippen LogP contribution in [0.2, 0.25) is 5.02 Å². The molecule has 3 rings (SSSR count). The third-order valence-electron chi connectivity index (χ3n) is 3.44. The summed E-state index contributed by atoms with van der Waals surface area (Å²) in [6.07, 6.45) is 0.